The molecule has 2 nitrogen and oxygen atoms in total. The van der Waals surface area contributed by atoms with Crippen LogP contribution in [0.5, 0.6) is 0 Å². The summed E-state index contributed by atoms with van der Waals surface area (Å²) in [6.07, 6.45) is -0.219. The third kappa shape index (κ3) is 2.88. The molecule has 0 saturated heterocycles. The maximum Gasteiger partial charge on any atom is 0.152 e. The van der Waals surface area contributed by atoms with Crippen molar-refractivity contribution in [1.82, 2.24) is 0 Å². The van der Waals surface area contributed by atoms with Gasteiger partial charge in [0.2, 0.25) is 0 Å². The third-order valence-corrected chi connectivity index (χ3v) is 2.45. The van der Waals surface area contributed by atoms with Gasteiger partial charge in [-0.3, -0.25) is 0 Å². The van der Waals surface area contributed by atoms with Crippen molar-refractivity contribution in [2.45, 2.75) is 26.0 Å². The lowest BCUT2D eigenvalue weighted by Crippen LogP contribution is -2.30. The Hall–Kier alpha value is -1.23. The number of nitrogens with one attached hydrogen (secondary N) is 1. The zero-order chi connectivity index (χ0) is 12.3. The summed E-state index contributed by atoms with van der Waals surface area (Å²) in [6.45, 7) is 3.48. The molecule has 0 fully saturated rings. The summed E-state index contributed by atoms with van der Waals surface area (Å²) in [6, 6.07) is 0.977. The quantitative estimate of drug-likeness (QED) is 0.863. The summed E-state index contributed by atoms with van der Waals surface area (Å²) < 4.78 is 44.2. The highest BCUT2D eigenvalue weighted by Crippen LogP contribution is 2.21. The number of anilines is 1. The first-order valence-electron chi connectivity index (χ1n) is 4.89. The van der Waals surface area contributed by atoms with Gasteiger partial charge >= 0.3 is 0 Å². The molecule has 0 heterocycles. The van der Waals surface area contributed by atoms with E-state index in [-0.39, 0.29) is 17.8 Å². The third-order valence-electron chi connectivity index (χ3n) is 2.45. The molecule has 0 aliphatic heterocycles. The molecule has 0 aliphatic carbocycles. The Morgan fingerprint density at radius 2 is 1.62 bits per heavy atom. The van der Waals surface area contributed by atoms with Crippen molar-refractivity contribution >= 4 is 5.69 Å². The molecule has 0 aromatic heterocycles. The van der Waals surface area contributed by atoms with E-state index < -0.39 is 17.5 Å². The fourth-order valence-electron chi connectivity index (χ4n) is 1.23. The maximum atomic E-state index is 13.3. The minimum Gasteiger partial charge on any atom is -0.380 e. The Kier molecular flexibility index (Phi) is 4.18. The summed E-state index contributed by atoms with van der Waals surface area (Å²) in [5.41, 5.74) is -0.335. The molecule has 1 aromatic rings. The lowest BCUT2D eigenvalue weighted by atomic mass is 10.2. The smallest absolute Gasteiger partial charge is 0.152 e. The predicted molar refractivity (Wildman–Crippen MR) is 55.9 cm³/mol. The molecule has 0 radical (unpaired) electrons. The van der Waals surface area contributed by atoms with Gasteiger partial charge in [-0.2, -0.15) is 0 Å². The van der Waals surface area contributed by atoms with Crippen LogP contribution in [0, 0.1) is 17.5 Å². The molecule has 90 valence electrons. The molecular formula is C11H14F3NO. The largest absolute Gasteiger partial charge is 0.380 e. The highest BCUT2D eigenvalue weighted by Gasteiger charge is 2.17. The van der Waals surface area contributed by atoms with E-state index in [9.17, 15) is 13.2 Å². The standard InChI is InChI=1S/C11H14F3NO/c1-6(7(2)16-3)15-11-9(13)4-8(12)5-10(11)14/h4-7,15H,1-3H3. The SMILES string of the molecule is COC(C)C(C)Nc1c(F)cc(F)cc1F. The Morgan fingerprint density at radius 1 is 1.12 bits per heavy atom. The molecule has 2 atom stereocenters. The van der Waals surface area contributed by atoms with Crippen LogP contribution in [0.15, 0.2) is 12.1 Å². The summed E-state index contributed by atoms with van der Waals surface area (Å²) in [5.74, 6) is -2.84. The van der Waals surface area contributed by atoms with Crippen LogP contribution in [-0.2, 0) is 4.74 Å². The van der Waals surface area contributed by atoms with Crippen LogP contribution in [0.25, 0.3) is 0 Å². The zero-order valence-corrected chi connectivity index (χ0v) is 9.35. The average molecular weight is 233 g/mol. The van der Waals surface area contributed by atoms with Gasteiger partial charge in [0.25, 0.3) is 0 Å². The van der Waals surface area contributed by atoms with Crippen LogP contribution in [-0.4, -0.2) is 19.3 Å². The summed E-state index contributed by atoms with van der Waals surface area (Å²) in [4.78, 5) is 0. The number of hydrogen-bond donors (Lipinski definition) is 1. The highest BCUT2D eigenvalue weighted by molar-refractivity contribution is 5.47. The summed E-state index contributed by atoms with van der Waals surface area (Å²) in [5, 5.41) is 2.61. The van der Waals surface area contributed by atoms with Crippen LogP contribution in [0.1, 0.15) is 13.8 Å². The van der Waals surface area contributed by atoms with Crippen LogP contribution < -0.4 is 5.32 Å². The fourth-order valence-corrected chi connectivity index (χ4v) is 1.23. The maximum absolute atomic E-state index is 13.3. The molecule has 1 rings (SSSR count). The second-order valence-electron chi connectivity index (χ2n) is 3.62. The van der Waals surface area contributed by atoms with E-state index in [0.717, 1.165) is 0 Å². The number of hydrogen-bond acceptors (Lipinski definition) is 2. The van der Waals surface area contributed by atoms with Crippen molar-refractivity contribution in [1.29, 1.82) is 0 Å². The summed E-state index contributed by atoms with van der Waals surface area (Å²) >= 11 is 0. The first kappa shape index (κ1) is 12.8. The van der Waals surface area contributed by atoms with E-state index >= 15 is 0 Å². The van der Waals surface area contributed by atoms with Gasteiger partial charge in [-0.05, 0) is 13.8 Å². The first-order valence-corrected chi connectivity index (χ1v) is 4.89. The molecular weight excluding hydrogens is 219 g/mol. The van der Waals surface area contributed by atoms with E-state index in [1.165, 1.54) is 7.11 Å². The lowest BCUT2D eigenvalue weighted by molar-refractivity contribution is 0.106. The van der Waals surface area contributed by atoms with E-state index in [0.29, 0.717) is 12.1 Å². The molecule has 0 spiro atoms. The Bertz CT molecular complexity index is 347. The van der Waals surface area contributed by atoms with Crippen molar-refractivity contribution in [2.75, 3.05) is 12.4 Å². The molecule has 0 aliphatic rings. The molecule has 1 aromatic carbocycles. The normalized spacial score (nSPS) is 14.6. The van der Waals surface area contributed by atoms with Crippen LogP contribution in [0.2, 0.25) is 0 Å². The van der Waals surface area contributed by atoms with Gasteiger partial charge in [-0.15, -0.1) is 0 Å². The lowest BCUT2D eigenvalue weighted by Gasteiger charge is -2.21. The van der Waals surface area contributed by atoms with Gasteiger partial charge in [0, 0.05) is 25.3 Å². The molecule has 5 heteroatoms. The van der Waals surface area contributed by atoms with Gasteiger partial charge in [-0.25, -0.2) is 13.2 Å². The average Bonchev–Trinajstić information content (AvgIpc) is 2.21. The van der Waals surface area contributed by atoms with Gasteiger partial charge in [-0.1, -0.05) is 0 Å². The Morgan fingerprint density at radius 3 is 2.06 bits per heavy atom. The van der Waals surface area contributed by atoms with Crippen molar-refractivity contribution in [3.8, 4) is 0 Å². The van der Waals surface area contributed by atoms with Gasteiger partial charge < -0.3 is 10.1 Å². The van der Waals surface area contributed by atoms with Gasteiger partial charge in [0.15, 0.2) is 11.6 Å². The van der Waals surface area contributed by atoms with E-state index in [1.54, 1.807) is 13.8 Å². The monoisotopic (exact) mass is 233 g/mol. The van der Waals surface area contributed by atoms with Crippen LogP contribution in [0.4, 0.5) is 18.9 Å². The minimum absolute atomic E-state index is 0.219. The number of benzene rings is 1. The van der Waals surface area contributed by atoms with Crippen LogP contribution in [0.3, 0.4) is 0 Å². The zero-order valence-electron chi connectivity index (χ0n) is 9.35. The molecule has 1 N–H and O–H groups in total. The number of methoxy groups -OCH3 is 1. The molecule has 0 saturated carbocycles. The van der Waals surface area contributed by atoms with E-state index in [1.807, 2.05) is 0 Å². The van der Waals surface area contributed by atoms with E-state index in [4.69, 9.17) is 4.74 Å². The van der Waals surface area contributed by atoms with Crippen molar-refractivity contribution < 1.29 is 17.9 Å². The molecule has 0 amide bonds. The molecule has 2 unspecified atom stereocenters. The Balaban J connectivity index is 2.89. The van der Waals surface area contributed by atoms with Crippen LogP contribution >= 0.6 is 0 Å². The van der Waals surface area contributed by atoms with Crippen molar-refractivity contribution in [3.05, 3.63) is 29.6 Å². The second-order valence-corrected chi connectivity index (χ2v) is 3.62. The number of rotatable bonds is 4. The second kappa shape index (κ2) is 5.21. The number of halogens is 3. The topological polar surface area (TPSA) is 21.3 Å². The highest BCUT2D eigenvalue weighted by atomic mass is 19.1. The minimum atomic E-state index is -0.951. The summed E-state index contributed by atoms with van der Waals surface area (Å²) in [7, 11) is 1.50. The van der Waals surface area contributed by atoms with Gasteiger partial charge in [0.05, 0.1) is 6.10 Å². The van der Waals surface area contributed by atoms with Gasteiger partial charge in [0.1, 0.15) is 11.5 Å². The van der Waals surface area contributed by atoms with E-state index in [2.05, 4.69) is 5.32 Å². The molecule has 0 bridgehead atoms. The molecule has 16 heavy (non-hydrogen) atoms. The fraction of sp³-hybridized carbons (Fsp3) is 0.455. The first-order chi connectivity index (χ1) is 7.45. The predicted octanol–water partition coefficient (Wildman–Crippen LogP) is 2.94. The van der Waals surface area contributed by atoms with Crippen molar-refractivity contribution in [3.63, 3.8) is 0 Å². The van der Waals surface area contributed by atoms with Crippen molar-refractivity contribution in [2.24, 2.45) is 0 Å². The number of ether oxygens (including phenoxy) is 1. The Labute approximate surface area is 92.4 Å².